The highest BCUT2D eigenvalue weighted by Crippen LogP contribution is 2.29. The molecule has 0 saturated carbocycles. The van der Waals surface area contributed by atoms with Crippen molar-refractivity contribution in [1.29, 1.82) is 0 Å². The molecule has 0 aliphatic carbocycles. The van der Waals surface area contributed by atoms with Gasteiger partial charge < -0.3 is 15.0 Å². The highest BCUT2D eigenvalue weighted by Gasteiger charge is 2.29. The Balaban J connectivity index is 2.28. The number of ether oxygens (including phenoxy) is 1. The molecule has 162 valence electrons. The number of benzene rings is 2. The molecule has 0 bridgehead atoms. The molecule has 1 unspecified atom stereocenters. The molecule has 1 atom stereocenters. The molecule has 0 aromatic heterocycles. The summed E-state index contributed by atoms with van der Waals surface area (Å²) in [4.78, 5) is 27.2. The van der Waals surface area contributed by atoms with Crippen molar-refractivity contribution < 1.29 is 14.3 Å². The lowest BCUT2D eigenvalue weighted by Gasteiger charge is -2.31. The summed E-state index contributed by atoms with van der Waals surface area (Å²) in [6.45, 7) is 3.93. The maximum Gasteiger partial charge on any atom is 0.261 e. The number of hydrogen-bond donors (Lipinski definition) is 1. The number of rotatable bonds is 9. The zero-order valence-corrected chi connectivity index (χ0v) is 20.4. The van der Waals surface area contributed by atoms with Crippen LogP contribution in [0.5, 0.6) is 5.75 Å². The lowest BCUT2D eigenvalue weighted by molar-refractivity contribution is -0.142. The number of carbonyl (C=O) groups excluding carboxylic acids is 2. The molecular formula is C21H22BrCl3N2O3. The number of halogens is 4. The van der Waals surface area contributed by atoms with E-state index < -0.39 is 6.04 Å². The van der Waals surface area contributed by atoms with Crippen molar-refractivity contribution in [1.82, 2.24) is 10.2 Å². The van der Waals surface area contributed by atoms with Crippen molar-refractivity contribution >= 4 is 62.5 Å². The SMILES string of the molecule is CCNC(=O)C(CC)N(Cc1c(Cl)cccc1Cl)C(=O)COc1ccc(Cl)cc1Br. The second-order valence-electron chi connectivity index (χ2n) is 6.40. The molecule has 0 radical (unpaired) electrons. The van der Waals surface area contributed by atoms with Crippen LogP contribution in [0.3, 0.4) is 0 Å². The van der Waals surface area contributed by atoms with E-state index in [0.29, 0.717) is 43.8 Å². The topological polar surface area (TPSA) is 58.6 Å². The Morgan fingerprint density at radius 3 is 2.37 bits per heavy atom. The predicted molar refractivity (Wildman–Crippen MR) is 124 cm³/mol. The van der Waals surface area contributed by atoms with Crippen molar-refractivity contribution in [3.63, 3.8) is 0 Å². The van der Waals surface area contributed by atoms with E-state index in [1.54, 1.807) is 36.4 Å². The van der Waals surface area contributed by atoms with E-state index in [2.05, 4.69) is 21.2 Å². The van der Waals surface area contributed by atoms with Gasteiger partial charge in [-0.15, -0.1) is 0 Å². The van der Waals surface area contributed by atoms with E-state index in [4.69, 9.17) is 39.5 Å². The van der Waals surface area contributed by atoms with Crippen LogP contribution in [0.1, 0.15) is 25.8 Å². The fourth-order valence-electron chi connectivity index (χ4n) is 2.88. The highest BCUT2D eigenvalue weighted by atomic mass is 79.9. The molecule has 0 saturated heterocycles. The van der Waals surface area contributed by atoms with Crippen molar-refractivity contribution in [3.8, 4) is 5.75 Å². The molecule has 9 heteroatoms. The molecule has 2 rings (SSSR count). The van der Waals surface area contributed by atoms with Gasteiger partial charge in [-0.2, -0.15) is 0 Å². The number of likely N-dealkylation sites (N-methyl/N-ethyl adjacent to an activating group) is 1. The molecule has 5 nitrogen and oxygen atoms in total. The van der Waals surface area contributed by atoms with Crippen LogP contribution in [0.15, 0.2) is 40.9 Å². The van der Waals surface area contributed by atoms with Crippen LogP contribution in [-0.4, -0.2) is 35.9 Å². The van der Waals surface area contributed by atoms with Gasteiger partial charge in [-0.05, 0) is 59.6 Å². The second kappa shape index (κ2) is 11.8. The summed E-state index contributed by atoms with van der Waals surface area (Å²) in [5.41, 5.74) is 0.574. The van der Waals surface area contributed by atoms with Gasteiger partial charge >= 0.3 is 0 Å². The summed E-state index contributed by atoms with van der Waals surface area (Å²) in [7, 11) is 0. The fraction of sp³-hybridized carbons (Fsp3) is 0.333. The Labute approximate surface area is 199 Å². The third-order valence-corrected chi connectivity index (χ3v) is 5.94. The molecule has 0 aliphatic heterocycles. The van der Waals surface area contributed by atoms with Crippen LogP contribution in [0, 0.1) is 0 Å². The minimum atomic E-state index is -0.693. The zero-order chi connectivity index (χ0) is 22.3. The first kappa shape index (κ1) is 24.8. The summed E-state index contributed by atoms with van der Waals surface area (Å²) in [6.07, 6.45) is 0.421. The smallest absolute Gasteiger partial charge is 0.261 e. The molecule has 30 heavy (non-hydrogen) atoms. The summed E-state index contributed by atoms with van der Waals surface area (Å²) >= 11 is 21.9. The first-order valence-electron chi connectivity index (χ1n) is 9.36. The Bertz CT molecular complexity index is 891. The highest BCUT2D eigenvalue weighted by molar-refractivity contribution is 9.10. The molecule has 0 heterocycles. The quantitative estimate of drug-likeness (QED) is 0.445. The van der Waals surface area contributed by atoms with Crippen LogP contribution in [0.4, 0.5) is 0 Å². The summed E-state index contributed by atoms with van der Waals surface area (Å²) in [6, 6.07) is 9.42. The van der Waals surface area contributed by atoms with Crippen LogP contribution < -0.4 is 10.1 Å². The van der Waals surface area contributed by atoms with Gasteiger partial charge in [0.1, 0.15) is 11.8 Å². The standard InChI is InChI=1S/C21H22BrCl3N2O3/c1-3-18(21(29)26-4-2)27(11-14-16(24)6-5-7-17(14)25)20(28)12-30-19-9-8-13(23)10-15(19)22/h5-10,18H,3-4,11-12H2,1-2H3,(H,26,29). The Hall–Kier alpha value is -1.47. The molecule has 2 aromatic rings. The number of amides is 2. The van der Waals surface area contributed by atoms with Crippen LogP contribution in [-0.2, 0) is 16.1 Å². The molecule has 0 aliphatic rings. The molecular weight excluding hydrogens is 515 g/mol. The van der Waals surface area contributed by atoms with Gasteiger partial charge in [-0.1, -0.05) is 47.8 Å². The van der Waals surface area contributed by atoms with Gasteiger partial charge in [-0.3, -0.25) is 9.59 Å². The first-order chi connectivity index (χ1) is 14.3. The van der Waals surface area contributed by atoms with Crippen LogP contribution in [0.2, 0.25) is 15.1 Å². The Morgan fingerprint density at radius 2 is 1.80 bits per heavy atom. The maximum atomic E-state index is 13.1. The lowest BCUT2D eigenvalue weighted by atomic mass is 10.1. The average molecular weight is 537 g/mol. The first-order valence-corrected chi connectivity index (χ1v) is 11.3. The van der Waals surface area contributed by atoms with Gasteiger partial charge in [0, 0.05) is 33.7 Å². The minimum Gasteiger partial charge on any atom is -0.483 e. The number of carbonyl (C=O) groups is 2. The second-order valence-corrected chi connectivity index (χ2v) is 8.51. The zero-order valence-electron chi connectivity index (χ0n) is 16.6. The van der Waals surface area contributed by atoms with Gasteiger partial charge in [0.15, 0.2) is 6.61 Å². The van der Waals surface area contributed by atoms with Gasteiger partial charge in [0.05, 0.1) is 4.47 Å². The number of nitrogens with zero attached hydrogens (tertiary/aromatic N) is 1. The van der Waals surface area contributed by atoms with E-state index in [1.165, 1.54) is 4.90 Å². The Morgan fingerprint density at radius 1 is 1.13 bits per heavy atom. The van der Waals surface area contributed by atoms with Gasteiger partial charge in [0.25, 0.3) is 5.91 Å². The van der Waals surface area contributed by atoms with Crippen LogP contribution in [0.25, 0.3) is 0 Å². The molecule has 0 fully saturated rings. The third-order valence-electron chi connectivity index (χ3n) is 4.37. The van der Waals surface area contributed by atoms with E-state index in [-0.39, 0.29) is 25.0 Å². The molecule has 0 spiro atoms. The van der Waals surface area contributed by atoms with Crippen molar-refractivity contribution in [2.24, 2.45) is 0 Å². The van der Waals surface area contributed by atoms with Crippen molar-refractivity contribution in [3.05, 3.63) is 61.5 Å². The monoisotopic (exact) mass is 534 g/mol. The Kier molecular flexibility index (Phi) is 9.75. The predicted octanol–water partition coefficient (Wildman–Crippen LogP) is 5.73. The van der Waals surface area contributed by atoms with Crippen molar-refractivity contribution in [2.45, 2.75) is 32.9 Å². The van der Waals surface area contributed by atoms with Crippen molar-refractivity contribution in [2.75, 3.05) is 13.2 Å². The van der Waals surface area contributed by atoms with Gasteiger partial charge in [-0.25, -0.2) is 0 Å². The number of hydrogen-bond acceptors (Lipinski definition) is 3. The number of nitrogens with one attached hydrogen (secondary N) is 1. The van der Waals surface area contributed by atoms with Gasteiger partial charge in [0.2, 0.25) is 5.91 Å². The lowest BCUT2D eigenvalue weighted by Crippen LogP contribution is -2.50. The maximum absolute atomic E-state index is 13.1. The summed E-state index contributed by atoms with van der Waals surface area (Å²) in [5, 5.41) is 4.16. The summed E-state index contributed by atoms with van der Waals surface area (Å²) < 4.78 is 6.30. The van der Waals surface area contributed by atoms with E-state index >= 15 is 0 Å². The van der Waals surface area contributed by atoms with Crippen LogP contribution >= 0.6 is 50.7 Å². The molecule has 2 aromatic carbocycles. The van der Waals surface area contributed by atoms with E-state index in [1.807, 2.05) is 13.8 Å². The van der Waals surface area contributed by atoms with E-state index in [9.17, 15) is 9.59 Å². The largest absolute Gasteiger partial charge is 0.483 e. The minimum absolute atomic E-state index is 0.0815. The molecule has 1 N–H and O–H groups in total. The summed E-state index contributed by atoms with van der Waals surface area (Å²) in [5.74, 6) is -0.148. The normalized spacial score (nSPS) is 11.7. The van der Waals surface area contributed by atoms with E-state index in [0.717, 1.165) is 0 Å². The molecule has 2 amide bonds. The average Bonchev–Trinajstić information content (AvgIpc) is 2.69. The third kappa shape index (κ3) is 6.51. The fourth-order valence-corrected chi connectivity index (χ4v) is 4.19.